The lowest BCUT2D eigenvalue weighted by atomic mass is 10.0. The quantitative estimate of drug-likeness (QED) is 0.412. The molecule has 0 amide bonds. The Bertz CT molecular complexity index is 560. The van der Waals surface area contributed by atoms with Gasteiger partial charge in [-0.05, 0) is 37.5 Å². The summed E-state index contributed by atoms with van der Waals surface area (Å²) in [5.74, 6) is 0.475. The molecule has 1 atom stereocenters. The molecule has 0 spiro atoms. The van der Waals surface area contributed by atoms with Crippen molar-refractivity contribution in [3.63, 3.8) is 0 Å². The Hall–Kier alpha value is -1.09. The Labute approximate surface area is 161 Å². The molecule has 0 aliphatic carbocycles. The molecule has 0 aromatic heterocycles. The summed E-state index contributed by atoms with van der Waals surface area (Å²) in [7, 11) is 5.38. The fourth-order valence-corrected chi connectivity index (χ4v) is 2.68. The third-order valence-corrected chi connectivity index (χ3v) is 4.11. The molecule has 0 bridgehead atoms. The van der Waals surface area contributed by atoms with Crippen LogP contribution in [0.1, 0.15) is 25.3 Å². The third-order valence-electron chi connectivity index (χ3n) is 4.11. The zero-order valence-electron chi connectivity index (χ0n) is 14.9. The first kappa shape index (κ1) is 21.0. The van der Waals surface area contributed by atoms with E-state index >= 15 is 0 Å². The van der Waals surface area contributed by atoms with E-state index in [0.29, 0.717) is 24.7 Å². The Morgan fingerprint density at radius 1 is 1.38 bits per heavy atom. The van der Waals surface area contributed by atoms with E-state index < -0.39 is 0 Å². The number of nitrogens with zero attached hydrogens (tertiary/aromatic N) is 2. The molecule has 136 valence electrons. The molecule has 1 unspecified atom stereocenters. The van der Waals surface area contributed by atoms with Crippen LogP contribution in [0.25, 0.3) is 0 Å². The number of hydrogen-bond donors (Lipinski definition) is 2. The summed E-state index contributed by atoms with van der Waals surface area (Å²) in [6, 6.07) is 5.26. The Morgan fingerprint density at radius 2 is 2.12 bits per heavy atom. The summed E-state index contributed by atoms with van der Waals surface area (Å²) >= 11 is 0. The molecular weight excluding hydrogens is 422 g/mol. The van der Waals surface area contributed by atoms with Crippen molar-refractivity contribution in [1.82, 2.24) is 10.6 Å². The molecule has 1 heterocycles. The summed E-state index contributed by atoms with van der Waals surface area (Å²) in [4.78, 5) is 5.96. The van der Waals surface area contributed by atoms with Gasteiger partial charge in [0, 0.05) is 40.8 Å². The van der Waals surface area contributed by atoms with E-state index in [4.69, 9.17) is 4.74 Å². The van der Waals surface area contributed by atoms with Gasteiger partial charge < -0.3 is 20.3 Å². The van der Waals surface area contributed by atoms with Crippen LogP contribution >= 0.6 is 24.0 Å². The number of anilines is 1. The third kappa shape index (κ3) is 5.77. The summed E-state index contributed by atoms with van der Waals surface area (Å²) in [6.07, 6.45) is 2.15. The number of hydrogen-bond acceptors (Lipinski definition) is 3. The molecule has 1 aromatic rings. The molecule has 24 heavy (non-hydrogen) atoms. The number of nitrogens with one attached hydrogen (secondary N) is 2. The Morgan fingerprint density at radius 3 is 2.67 bits per heavy atom. The van der Waals surface area contributed by atoms with Crippen LogP contribution < -0.4 is 15.5 Å². The smallest absolute Gasteiger partial charge is 0.191 e. The van der Waals surface area contributed by atoms with Crippen molar-refractivity contribution in [2.45, 2.75) is 31.9 Å². The SMILES string of the molecule is CN=C(NCc1ccc(N(C)C)c(F)c1)NCC1(C)CCCO1.I. The maximum absolute atomic E-state index is 14.0. The van der Waals surface area contributed by atoms with E-state index in [-0.39, 0.29) is 35.4 Å². The van der Waals surface area contributed by atoms with Gasteiger partial charge in [-0.1, -0.05) is 6.07 Å². The number of halogens is 2. The number of benzene rings is 1. The topological polar surface area (TPSA) is 48.9 Å². The van der Waals surface area contributed by atoms with Crippen LogP contribution in [-0.2, 0) is 11.3 Å². The predicted octanol–water partition coefficient (Wildman–Crippen LogP) is 2.74. The van der Waals surface area contributed by atoms with Gasteiger partial charge in [-0.3, -0.25) is 4.99 Å². The van der Waals surface area contributed by atoms with E-state index in [2.05, 4.69) is 22.5 Å². The first-order chi connectivity index (χ1) is 10.9. The lowest BCUT2D eigenvalue weighted by molar-refractivity contribution is 0.0243. The van der Waals surface area contributed by atoms with Crippen LogP contribution in [0.3, 0.4) is 0 Å². The Kier molecular flexibility index (Phi) is 8.21. The summed E-state index contributed by atoms with van der Waals surface area (Å²) in [6.45, 7) is 4.15. The molecular formula is C17H28FIN4O. The van der Waals surface area contributed by atoms with Crippen molar-refractivity contribution in [3.8, 4) is 0 Å². The molecule has 1 aliphatic heterocycles. The lowest BCUT2D eigenvalue weighted by Gasteiger charge is -2.24. The van der Waals surface area contributed by atoms with Gasteiger partial charge in [0.05, 0.1) is 11.3 Å². The number of guanidine groups is 1. The summed E-state index contributed by atoms with van der Waals surface area (Å²) < 4.78 is 19.7. The van der Waals surface area contributed by atoms with E-state index in [0.717, 1.165) is 25.0 Å². The van der Waals surface area contributed by atoms with Crippen molar-refractivity contribution < 1.29 is 9.13 Å². The average molecular weight is 450 g/mol. The van der Waals surface area contributed by atoms with Crippen LogP contribution in [0.2, 0.25) is 0 Å². The van der Waals surface area contributed by atoms with Crippen molar-refractivity contribution >= 4 is 35.6 Å². The monoisotopic (exact) mass is 450 g/mol. The van der Waals surface area contributed by atoms with Gasteiger partial charge in [0.2, 0.25) is 0 Å². The molecule has 1 saturated heterocycles. The molecule has 2 rings (SSSR count). The molecule has 2 N–H and O–H groups in total. The van der Waals surface area contributed by atoms with Crippen molar-refractivity contribution in [2.24, 2.45) is 4.99 Å². The molecule has 0 radical (unpaired) electrons. The van der Waals surface area contributed by atoms with E-state index in [1.54, 1.807) is 24.1 Å². The first-order valence-corrected chi connectivity index (χ1v) is 7.98. The predicted molar refractivity (Wildman–Crippen MR) is 108 cm³/mol. The zero-order valence-corrected chi connectivity index (χ0v) is 17.2. The number of rotatable bonds is 5. The van der Waals surface area contributed by atoms with Crippen LogP contribution in [-0.4, -0.2) is 45.9 Å². The highest BCUT2D eigenvalue weighted by molar-refractivity contribution is 14.0. The largest absolute Gasteiger partial charge is 0.375 e. The average Bonchev–Trinajstić information content (AvgIpc) is 2.94. The van der Waals surface area contributed by atoms with E-state index in [1.165, 1.54) is 0 Å². The summed E-state index contributed by atoms with van der Waals surface area (Å²) in [5, 5.41) is 6.48. The van der Waals surface area contributed by atoms with Crippen molar-refractivity contribution in [1.29, 1.82) is 0 Å². The molecule has 1 aliphatic rings. The Balaban J connectivity index is 0.00000288. The second-order valence-corrected chi connectivity index (χ2v) is 6.36. The van der Waals surface area contributed by atoms with Crippen molar-refractivity contribution in [2.75, 3.05) is 39.2 Å². The molecule has 1 aromatic carbocycles. The van der Waals surface area contributed by atoms with Gasteiger partial charge in [0.1, 0.15) is 5.82 Å². The van der Waals surface area contributed by atoms with Crippen LogP contribution in [0.5, 0.6) is 0 Å². The van der Waals surface area contributed by atoms with Crippen molar-refractivity contribution in [3.05, 3.63) is 29.6 Å². The number of ether oxygens (including phenoxy) is 1. The maximum atomic E-state index is 14.0. The van der Waals surface area contributed by atoms with Gasteiger partial charge in [-0.15, -0.1) is 24.0 Å². The molecule has 1 fully saturated rings. The standard InChI is InChI=1S/C17H27FN4O.HI/c1-17(8-5-9-23-17)12-21-16(19-2)20-11-13-6-7-15(22(3)4)14(18)10-13;/h6-7,10H,5,8-9,11-12H2,1-4H3,(H2,19,20,21);1H. The molecule has 7 heteroatoms. The summed E-state index contributed by atoms with van der Waals surface area (Å²) in [5.41, 5.74) is 1.33. The minimum atomic E-state index is -0.218. The van der Waals surface area contributed by atoms with Gasteiger partial charge in [-0.2, -0.15) is 0 Å². The highest BCUT2D eigenvalue weighted by atomic mass is 127. The van der Waals surface area contributed by atoms with Gasteiger partial charge in [-0.25, -0.2) is 4.39 Å². The second-order valence-electron chi connectivity index (χ2n) is 6.36. The van der Waals surface area contributed by atoms with Gasteiger partial charge >= 0.3 is 0 Å². The normalized spacial score (nSPS) is 20.5. The van der Waals surface area contributed by atoms with E-state index in [9.17, 15) is 4.39 Å². The van der Waals surface area contributed by atoms with Crippen LogP contribution in [0, 0.1) is 5.82 Å². The maximum Gasteiger partial charge on any atom is 0.191 e. The van der Waals surface area contributed by atoms with Gasteiger partial charge in [0.15, 0.2) is 5.96 Å². The highest BCUT2D eigenvalue weighted by Gasteiger charge is 2.29. The minimum absolute atomic E-state index is 0. The fourth-order valence-electron chi connectivity index (χ4n) is 2.68. The van der Waals surface area contributed by atoms with Crippen LogP contribution in [0.4, 0.5) is 10.1 Å². The molecule has 5 nitrogen and oxygen atoms in total. The number of aliphatic imine (C=N–C) groups is 1. The highest BCUT2D eigenvalue weighted by Crippen LogP contribution is 2.23. The van der Waals surface area contributed by atoms with Gasteiger partial charge in [0.25, 0.3) is 0 Å². The lowest BCUT2D eigenvalue weighted by Crippen LogP contribution is -2.45. The minimum Gasteiger partial charge on any atom is -0.375 e. The van der Waals surface area contributed by atoms with E-state index in [1.807, 2.05) is 20.2 Å². The van der Waals surface area contributed by atoms with Crippen LogP contribution in [0.15, 0.2) is 23.2 Å². The fraction of sp³-hybridized carbons (Fsp3) is 0.588. The zero-order chi connectivity index (χ0) is 16.9. The molecule has 0 saturated carbocycles. The first-order valence-electron chi connectivity index (χ1n) is 7.98. The second kappa shape index (κ2) is 9.41.